The average molecular weight is 1220 g/mol. The summed E-state index contributed by atoms with van der Waals surface area (Å²) >= 11 is 2.13. The molecule has 0 saturated carbocycles. The third-order valence-electron chi connectivity index (χ3n) is 12.5. The number of nitrogen functional groups attached to an aromatic ring is 4. The van der Waals surface area contributed by atoms with Crippen LogP contribution in [-0.4, -0.2) is 115 Å². The zero-order valence-electron chi connectivity index (χ0n) is 45.7. The van der Waals surface area contributed by atoms with Crippen molar-refractivity contribution in [3.8, 4) is 11.1 Å². The summed E-state index contributed by atoms with van der Waals surface area (Å²) in [6.45, 7) is 23.9. The summed E-state index contributed by atoms with van der Waals surface area (Å²) < 4.78 is 98.2. The van der Waals surface area contributed by atoms with E-state index in [1.54, 1.807) is 48.5 Å². The number of halogens is 7. The molecule has 0 unspecified atom stereocenters. The number of amides is 4. The van der Waals surface area contributed by atoms with Gasteiger partial charge in [-0.15, -0.1) is 0 Å². The fraction of sp³-hybridized carbons (Fsp3) is 0.538. The van der Waals surface area contributed by atoms with Gasteiger partial charge in [0.15, 0.2) is 0 Å². The second kappa shape index (κ2) is 31.0. The number of carbonyl (C=O) groups excluding carboxylic acids is 2. The number of benzene rings is 2. The molecule has 77 heavy (non-hydrogen) atoms. The highest BCUT2D eigenvalue weighted by Gasteiger charge is 2.52. The minimum absolute atomic E-state index is 0. The van der Waals surface area contributed by atoms with Crippen molar-refractivity contribution < 1.29 is 54.7 Å². The van der Waals surface area contributed by atoms with Gasteiger partial charge in [0.2, 0.25) is 0 Å². The summed E-state index contributed by atoms with van der Waals surface area (Å²) in [7, 11) is -0.556. The lowest BCUT2D eigenvalue weighted by molar-refractivity contribution is -0.144. The van der Waals surface area contributed by atoms with Gasteiger partial charge in [0.25, 0.3) is 0 Å². The summed E-state index contributed by atoms with van der Waals surface area (Å²) in [6, 6.07) is 16.9. The lowest BCUT2D eigenvalue weighted by atomic mass is 9.76. The SMILES string of the molecule is CCOCC.CCOCC.Cc1ccc(NC(=O)N2CC[C@@H](CC(F)(F)F)C2)cc1-c1cc(N)nc(N)c1.Cc1ccc(NC(=O)N2CC[C@@H](CC(F)(F)F)C2)cc1B1OC(C)(C)C(C)(C)O1.Nc1cc(I)cc(N)n1.S. The van der Waals surface area contributed by atoms with Gasteiger partial charge >= 0.3 is 31.5 Å². The van der Waals surface area contributed by atoms with E-state index >= 15 is 0 Å². The Kier molecular flexibility index (Phi) is 27.4. The number of rotatable bonds is 10. The van der Waals surface area contributed by atoms with Gasteiger partial charge in [-0.1, -0.05) is 17.7 Å². The normalized spacial score (nSPS) is 17.2. The van der Waals surface area contributed by atoms with E-state index in [0.29, 0.717) is 48.9 Å². The molecule has 10 N–H and O–H groups in total. The number of nitrogens with one attached hydrogen (secondary N) is 2. The molecule has 5 heterocycles. The molecular formula is C52H78BF6IN10O6S. The summed E-state index contributed by atoms with van der Waals surface area (Å²) in [5, 5.41) is 5.56. The number of aromatic nitrogens is 2. The second-order valence-electron chi connectivity index (χ2n) is 19.3. The van der Waals surface area contributed by atoms with Gasteiger partial charge in [0, 0.05) is 80.4 Å². The van der Waals surface area contributed by atoms with Crippen LogP contribution in [0.2, 0.25) is 0 Å². The Labute approximate surface area is 470 Å². The quantitative estimate of drug-likeness (QED) is 0.0495. The molecule has 2 atom stereocenters. The minimum atomic E-state index is -4.21. The molecule has 16 nitrogen and oxygen atoms in total. The highest BCUT2D eigenvalue weighted by atomic mass is 127. The molecule has 3 fully saturated rings. The van der Waals surface area contributed by atoms with E-state index in [1.807, 2.05) is 81.4 Å². The summed E-state index contributed by atoms with van der Waals surface area (Å²) in [4.78, 5) is 35.6. The first kappa shape index (κ1) is 68.2. The van der Waals surface area contributed by atoms with Gasteiger partial charge in [-0.25, -0.2) is 19.6 Å². The number of hydrogen-bond donors (Lipinski definition) is 6. The minimum Gasteiger partial charge on any atom is -0.399 e. The highest BCUT2D eigenvalue weighted by Crippen LogP contribution is 2.37. The Morgan fingerprint density at radius 3 is 1.40 bits per heavy atom. The Morgan fingerprint density at radius 1 is 0.662 bits per heavy atom. The van der Waals surface area contributed by atoms with E-state index in [0.717, 1.165) is 57.7 Å². The van der Waals surface area contributed by atoms with Crippen LogP contribution in [0.1, 0.15) is 92.2 Å². The van der Waals surface area contributed by atoms with E-state index in [4.69, 9.17) is 41.7 Å². The van der Waals surface area contributed by atoms with Crippen molar-refractivity contribution in [1.29, 1.82) is 0 Å². The molecule has 0 bridgehead atoms. The molecule has 4 aromatic rings. The summed E-state index contributed by atoms with van der Waals surface area (Å²) in [5.74, 6) is 0.424. The van der Waals surface area contributed by atoms with E-state index in [9.17, 15) is 35.9 Å². The number of aryl methyl sites for hydroxylation is 2. The predicted molar refractivity (Wildman–Crippen MR) is 309 cm³/mol. The van der Waals surface area contributed by atoms with Crippen molar-refractivity contribution in [2.75, 3.05) is 86.2 Å². The molecule has 7 rings (SSSR count). The van der Waals surface area contributed by atoms with Crippen molar-refractivity contribution in [3.05, 3.63) is 75.4 Å². The summed E-state index contributed by atoms with van der Waals surface area (Å²) in [5.41, 5.74) is 26.7. The van der Waals surface area contributed by atoms with E-state index in [2.05, 4.69) is 43.2 Å². The number of ether oxygens (including phenoxy) is 2. The molecule has 430 valence electrons. The monoisotopic (exact) mass is 1220 g/mol. The third-order valence-corrected chi connectivity index (χ3v) is 13.2. The number of nitrogens with zero attached hydrogens (tertiary/aromatic N) is 4. The number of nitrogens with two attached hydrogens (primary N) is 4. The van der Waals surface area contributed by atoms with Gasteiger partial charge in [0.05, 0.1) is 11.2 Å². The maximum absolute atomic E-state index is 12.6. The molecule has 3 aliphatic rings. The topological polar surface area (TPSA) is 231 Å². The molecule has 2 aromatic heterocycles. The second-order valence-corrected chi connectivity index (χ2v) is 20.5. The Hall–Kier alpha value is -4.96. The van der Waals surface area contributed by atoms with Crippen LogP contribution in [0, 0.1) is 29.3 Å². The van der Waals surface area contributed by atoms with Crippen molar-refractivity contribution in [2.24, 2.45) is 11.8 Å². The molecule has 3 aliphatic heterocycles. The Bertz CT molecular complexity index is 2400. The molecule has 4 amide bonds. The molecular weight excluding hydrogens is 1140 g/mol. The average Bonchev–Trinajstić information content (AvgIpc) is 4.01. The van der Waals surface area contributed by atoms with Gasteiger partial charge in [-0.2, -0.15) is 39.8 Å². The van der Waals surface area contributed by atoms with Crippen LogP contribution < -0.4 is 39.0 Å². The maximum Gasteiger partial charge on any atom is 0.495 e. The number of hydrogen-bond acceptors (Lipinski definition) is 12. The van der Waals surface area contributed by atoms with Crippen LogP contribution in [0.4, 0.5) is 70.6 Å². The van der Waals surface area contributed by atoms with Crippen molar-refractivity contribution in [3.63, 3.8) is 0 Å². The van der Waals surface area contributed by atoms with Crippen molar-refractivity contribution >= 4 is 95.4 Å². The van der Waals surface area contributed by atoms with Crippen LogP contribution in [-0.2, 0) is 18.8 Å². The van der Waals surface area contributed by atoms with Crippen LogP contribution in [0.25, 0.3) is 11.1 Å². The predicted octanol–water partition coefficient (Wildman–Crippen LogP) is 11.2. The van der Waals surface area contributed by atoms with Crippen LogP contribution in [0.3, 0.4) is 0 Å². The first-order valence-electron chi connectivity index (χ1n) is 25.1. The lowest BCUT2D eigenvalue weighted by Crippen LogP contribution is -2.41. The number of alkyl halides is 6. The first-order chi connectivity index (χ1) is 35.4. The van der Waals surface area contributed by atoms with Gasteiger partial charge < -0.3 is 62.2 Å². The van der Waals surface area contributed by atoms with Gasteiger partial charge in [-0.3, -0.25) is 0 Å². The standard InChI is InChI=1S/C20H28BF3N2O3.C19H22F3N5O.C5H6IN3.2C4H10O.H2S/c1-13-6-7-15(10-16(13)21-28-18(2,3)19(4,5)29-21)25-17(27)26-9-8-14(12-26)11-20(22,23)24;1-11-2-3-14(8-15(11)13-6-16(23)26-17(24)7-13)25-18(28)27-5-4-12(10-27)9-19(20,21)22;6-3-1-4(7)9-5(8)2-3;2*1-3-5-4-2;/h6-7,10,14H,8-9,11-12H2,1-5H3,(H,25,27);2-3,6-8,12H,4-5,9-10H2,1H3,(H,25,28)(H4,23,24,26);1-2H,(H4,7,8,9);2*3-4H2,1-2H3;1H2/t14-;12-;;;;/m00..../s1. The van der Waals surface area contributed by atoms with E-state index < -0.39 is 67.4 Å². The Morgan fingerprint density at radius 2 is 1.04 bits per heavy atom. The molecule has 0 aliphatic carbocycles. The first-order valence-corrected chi connectivity index (χ1v) is 26.2. The highest BCUT2D eigenvalue weighted by molar-refractivity contribution is 14.1. The third kappa shape index (κ3) is 23.5. The number of likely N-dealkylation sites (tertiary alicyclic amines) is 2. The zero-order chi connectivity index (χ0) is 57.2. The molecule has 3 saturated heterocycles. The van der Waals surface area contributed by atoms with Crippen molar-refractivity contribution in [1.82, 2.24) is 19.8 Å². The smallest absolute Gasteiger partial charge is 0.399 e. The van der Waals surface area contributed by atoms with E-state index in [-0.39, 0.29) is 38.2 Å². The number of anilines is 6. The van der Waals surface area contributed by atoms with E-state index in [1.165, 1.54) is 9.80 Å². The molecule has 2 aromatic carbocycles. The number of carbonyl (C=O) groups is 2. The lowest BCUT2D eigenvalue weighted by Gasteiger charge is -2.32. The molecule has 0 radical (unpaired) electrons. The van der Waals surface area contributed by atoms with Gasteiger partial charge in [0.1, 0.15) is 23.3 Å². The number of urea groups is 2. The fourth-order valence-electron chi connectivity index (χ4n) is 8.06. The molecule has 25 heteroatoms. The summed E-state index contributed by atoms with van der Waals surface area (Å²) in [6.07, 6.45) is -9.42. The Balaban J connectivity index is 0.000000390. The van der Waals surface area contributed by atoms with Crippen LogP contribution in [0.15, 0.2) is 60.7 Å². The van der Waals surface area contributed by atoms with Crippen LogP contribution >= 0.6 is 36.1 Å². The number of pyridine rings is 2. The van der Waals surface area contributed by atoms with Crippen molar-refractivity contribution in [2.45, 2.75) is 118 Å². The fourth-order valence-corrected chi connectivity index (χ4v) is 8.69. The van der Waals surface area contributed by atoms with Crippen LogP contribution in [0.5, 0.6) is 0 Å². The maximum atomic E-state index is 12.6. The van der Waals surface area contributed by atoms with Gasteiger partial charge in [-0.05, 0) is 187 Å². The zero-order valence-corrected chi connectivity index (χ0v) is 48.8. The largest absolute Gasteiger partial charge is 0.495 e. The molecule has 0 spiro atoms.